The van der Waals surface area contributed by atoms with Crippen LogP contribution in [0.25, 0.3) is 21.5 Å². The number of carbonyl (C=O) groups excluding carboxylic acids is 1. The molecule has 2 N–H and O–H groups in total. The first kappa shape index (κ1) is 12.7. The van der Waals surface area contributed by atoms with E-state index >= 15 is 0 Å². The maximum atomic E-state index is 11.7. The molecule has 0 aliphatic rings. The van der Waals surface area contributed by atoms with E-state index in [0.29, 0.717) is 11.5 Å². The molecule has 2 aromatic heterocycles. The third-order valence-electron chi connectivity index (χ3n) is 2.90. The Hall–Kier alpha value is -2.34. The van der Waals surface area contributed by atoms with Gasteiger partial charge in [0.2, 0.25) is 0 Å². The monoisotopic (exact) mass is 288 g/mol. The number of aromatic nitrogens is 2. The van der Waals surface area contributed by atoms with Crippen LogP contribution in [0.1, 0.15) is 16.6 Å². The van der Waals surface area contributed by atoms with Crippen LogP contribution in [0.5, 0.6) is 0 Å². The summed E-state index contributed by atoms with van der Waals surface area (Å²) in [5.74, 6) is -0.321. The van der Waals surface area contributed by atoms with E-state index in [1.165, 1.54) is 11.3 Å². The average Bonchev–Trinajstić information content (AvgIpc) is 3.03. The number of para-hydroxylation sites is 1. The number of esters is 1. The molecule has 1 aromatic carbocycles. The normalized spacial score (nSPS) is 10.8. The van der Waals surface area contributed by atoms with E-state index < -0.39 is 0 Å². The zero-order chi connectivity index (χ0) is 14.1. The molecule has 0 radical (unpaired) electrons. The van der Waals surface area contributed by atoms with Crippen LogP contribution in [0, 0.1) is 0 Å². The molecule has 102 valence electrons. The van der Waals surface area contributed by atoms with Gasteiger partial charge in [-0.1, -0.05) is 12.1 Å². The smallest absolute Gasteiger partial charge is 0.348 e. The number of nitrogens with one attached hydrogen (secondary N) is 2. The van der Waals surface area contributed by atoms with Crippen LogP contribution < -0.4 is 5.69 Å². The highest BCUT2D eigenvalue weighted by atomic mass is 32.1. The molecule has 0 fully saturated rings. The van der Waals surface area contributed by atoms with Crippen LogP contribution in [-0.4, -0.2) is 22.5 Å². The summed E-state index contributed by atoms with van der Waals surface area (Å²) in [5.41, 5.74) is 2.14. The van der Waals surface area contributed by atoms with Gasteiger partial charge in [0.25, 0.3) is 0 Å². The Bertz CT molecular complexity index is 828. The molecule has 5 nitrogen and oxygen atoms in total. The Morgan fingerprint density at radius 1 is 1.25 bits per heavy atom. The second kappa shape index (κ2) is 4.97. The van der Waals surface area contributed by atoms with Gasteiger partial charge in [-0.2, -0.15) is 0 Å². The molecule has 2 heterocycles. The van der Waals surface area contributed by atoms with Crippen LogP contribution >= 0.6 is 11.3 Å². The van der Waals surface area contributed by atoms with Gasteiger partial charge >= 0.3 is 11.7 Å². The average molecular weight is 288 g/mol. The summed E-state index contributed by atoms with van der Waals surface area (Å²) < 4.78 is 4.98. The first-order valence-corrected chi connectivity index (χ1v) is 6.99. The van der Waals surface area contributed by atoms with E-state index in [9.17, 15) is 9.59 Å². The number of benzene rings is 1. The van der Waals surface area contributed by atoms with Gasteiger partial charge in [-0.3, -0.25) is 0 Å². The van der Waals surface area contributed by atoms with E-state index in [4.69, 9.17) is 4.74 Å². The Balaban J connectivity index is 2.07. The molecule has 0 bridgehead atoms. The number of rotatable bonds is 3. The highest BCUT2D eigenvalue weighted by Gasteiger charge is 2.13. The number of H-pyrrole nitrogens is 2. The molecule has 0 atom stereocenters. The van der Waals surface area contributed by atoms with Crippen molar-refractivity contribution in [1.82, 2.24) is 9.97 Å². The van der Waals surface area contributed by atoms with Crippen molar-refractivity contribution < 1.29 is 9.53 Å². The number of imidazole rings is 1. The van der Waals surface area contributed by atoms with Crippen LogP contribution in [0.15, 0.2) is 35.1 Å². The van der Waals surface area contributed by atoms with Gasteiger partial charge in [0.15, 0.2) is 0 Å². The fourth-order valence-electron chi connectivity index (χ4n) is 2.06. The lowest BCUT2D eigenvalue weighted by molar-refractivity contribution is 0.0532. The minimum atomic E-state index is -0.321. The van der Waals surface area contributed by atoms with E-state index in [1.807, 2.05) is 24.3 Å². The standard InChI is InChI=1S/C14H12N2O3S/c1-2-19-13(17)11-7-6-10(20-11)8-4-3-5-9-12(8)16-14(18)15-9/h3-7H,2H2,1H3,(H2,15,16,18). The van der Waals surface area contributed by atoms with Crippen molar-refractivity contribution in [2.45, 2.75) is 6.92 Å². The largest absolute Gasteiger partial charge is 0.462 e. The van der Waals surface area contributed by atoms with Crippen molar-refractivity contribution in [3.05, 3.63) is 45.7 Å². The Morgan fingerprint density at radius 3 is 2.90 bits per heavy atom. The molecule has 3 rings (SSSR count). The summed E-state index contributed by atoms with van der Waals surface area (Å²) in [7, 11) is 0. The van der Waals surface area contributed by atoms with Crippen molar-refractivity contribution in [2.75, 3.05) is 6.61 Å². The van der Waals surface area contributed by atoms with Crippen LogP contribution in [-0.2, 0) is 4.74 Å². The number of carbonyl (C=O) groups is 1. The molecule has 20 heavy (non-hydrogen) atoms. The first-order chi connectivity index (χ1) is 9.69. The van der Waals surface area contributed by atoms with Gasteiger partial charge in [-0.05, 0) is 25.1 Å². The van der Waals surface area contributed by atoms with E-state index in [2.05, 4.69) is 9.97 Å². The van der Waals surface area contributed by atoms with Crippen molar-refractivity contribution in [2.24, 2.45) is 0 Å². The predicted molar refractivity (Wildman–Crippen MR) is 78.2 cm³/mol. The van der Waals surface area contributed by atoms with Crippen LogP contribution in [0.3, 0.4) is 0 Å². The Kier molecular flexibility index (Phi) is 3.15. The molecular formula is C14H12N2O3S. The van der Waals surface area contributed by atoms with Crippen molar-refractivity contribution >= 4 is 28.3 Å². The molecular weight excluding hydrogens is 276 g/mol. The molecule has 0 spiro atoms. The van der Waals surface area contributed by atoms with Gasteiger partial charge in [-0.15, -0.1) is 11.3 Å². The number of fused-ring (bicyclic) bond motifs is 1. The minimum Gasteiger partial charge on any atom is -0.462 e. The first-order valence-electron chi connectivity index (χ1n) is 6.17. The molecule has 0 aliphatic heterocycles. The highest BCUT2D eigenvalue weighted by molar-refractivity contribution is 7.17. The van der Waals surface area contributed by atoms with Crippen LogP contribution in [0.4, 0.5) is 0 Å². The SMILES string of the molecule is CCOC(=O)c1ccc(-c2cccc3[nH]c(=O)[nH]c23)s1. The van der Waals surface area contributed by atoms with Gasteiger partial charge in [0.1, 0.15) is 4.88 Å². The van der Waals surface area contributed by atoms with E-state index in [1.54, 1.807) is 13.0 Å². The fraction of sp³-hybridized carbons (Fsp3) is 0.143. The predicted octanol–water partition coefficient (Wildman–Crippen LogP) is 2.76. The fourth-order valence-corrected chi connectivity index (χ4v) is 2.99. The maximum Gasteiger partial charge on any atom is 0.348 e. The summed E-state index contributed by atoms with van der Waals surface area (Å²) in [6, 6.07) is 9.20. The molecule has 3 aromatic rings. The topological polar surface area (TPSA) is 75.0 Å². The molecule has 0 amide bonds. The van der Waals surface area contributed by atoms with Crippen LogP contribution in [0.2, 0.25) is 0 Å². The molecule has 6 heteroatoms. The number of ether oxygens (including phenoxy) is 1. The van der Waals surface area contributed by atoms with E-state index in [0.717, 1.165) is 21.5 Å². The zero-order valence-electron chi connectivity index (χ0n) is 10.7. The van der Waals surface area contributed by atoms with Crippen molar-refractivity contribution in [3.8, 4) is 10.4 Å². The quantitative estimate of drug-likeness (QED) is 0.728. The highest BCUT2D eigenvalue weighted by Crippen LogP contribution is 2.32. The third-order valence-corrected chi connectivity index (χ3v) is 4.00. The van der Waals surface area contributed by atoms with E-state index in [-0.39, 0.29) is 11.7 Å². The summed E-state index contributed by atoms with van der Waals surface area (Å²) in [4.78, 5) is 30.0. The minimum absolute atomic E-state index is 0.241. The maximum absolute atomic E-state index is 11.7. The number of aromatic amines is 2. The van der Waals surface area contributed by atoms with Gasteiger partial charge in [0.05, 0.1) is 17.6 Å². The molecule has 0 saturated carbocycles. The lowest BCUT2D eigenvalue weighted by atomic mass is 10.1. The Morgan fingerprint density at radius 2 is 2.10 bits per heavy atom. The molecule has 0 aliphatic carbocycles. The number of thiophene rings is 1. The second-order valence-corrected chi connectivity index (χ2v) is 5.28. The zero-order valence-corrected chi connectivity index (χ0v) is 11.5. The van der Waals surface area contributed by atoms with Gasteiger partial charge in [-0.25, -0.2) is 9.59 Å². The van der Waals surface area contributed by atoms with Gasteiger partial charge < -0.3 is 14.7 Å². The van der Waals surface area contributed by atoms with Gasteiger partial charge in [0, 0.05) is 10.4 Å². The third kappa shape index (κ3) is 2.14. The summed E-state index contributed by atoms with van der Waals surface area (Å²) >= 11 is 1.35. The Labute approximate surface area is 118 Å². The summed E-state index contributed by atoms with van der Waals surface area (Å²) in [6.07, 6.45) is 0. The molecule has 0 unspecified atom stereocenters. The summed E-state index contributed by atoms with van der Waals surface area (Å²) in [5, 5.41) is 0. The van der Waals surface area contributed by atoms with Crippen molar-refractivity contribution in [1.29, 1.82) is 0 Å². The second-order valence-electron chi connectivity index (χ2n) is 4.19. The number of hydrogen-bond acceptors (Lipinski definition) is 4. The lowest BCUT2D eigenvalue weighted by Gasteiger charge is -1.99. The molecule has 0 saturated heterocycles. The summed E-state index contributed by atoms with van der Waals surface area (Å²) in [6.45, 7) is 2.13. The lowest BCUT2D eigenvalue weighted by Crippen LogP contribution is -2.01. The van der Waals surface area contributed by atoms with Crippen molar-refractivity contribution in [3.63, 3.8) is 0 Å². The number of hydrogen-bond donors (Lipinski definition) is 2.